The second kappa shape index (κ2) is 11.5. The van der Waals surface area contributed by atoms with E-state index in [1.807, 2.05) is 30.3 Å². The Bertz CT molecular complexity index is 609. The maximum Gasteiger partial charge on any atom is 0.244 e. The topological polar surface area (TPSA) is 78.4 Å². The molecule has 1 aliphatic carbocycles. The zero-order chi connectivity index (χ0) is 19.5. The average molecular weight is 373 g/mol. The van der Waals surface area contributed by atoms with E-state index >= 15 is 0 Å². The minimum atomic E-state index is -0.619. The Balaban J connectivity index is 1.71. The number of hydrogen-bond acceptors (Lipinski definition) is 3. The molecule has 148 valence electrons. The quantitative estimate of drug-likeness (QED) is 0.583. The number of carbonyl (C=O) groups is 2. The molecule has 0 aromatic heterocycles. The van der Waals surface area contributed by atoms with Crippen molar-refractivity contribution in [1.82, 2.24) is 10.6 Å². The first-order valence-corrected chi connectivity index (χ1v) is 10.0. The van der Waals surface area contributed by atoms with Crippen LogP contribution in [0.2, 0.25) is 0 Å². The molecule has 1 aromatic carbocycles. The van der Waals surface area contributed by atoms with Crippen LogP contribution in [0.15, 0.2) is 36.4 Å². The third-order valence-corrected chi connectivity index (χ3v) is 5.19. The summed E-state index contributed by atoms with van der Waals surface area (Å²) >= 11 is 0. The molecule has 0 heterocycles. The summed E-state index contributed by atoms with van der Waals surface area (Å²) in [5, 5.41) is 15.1. The van der Waals surface area contributed by atoms with Crippen molar-refractivity contribution in [2.75, 3.05) is 13.2 Å². The van der Waals surface area contributed by atoms with Gasteiger partial charge in [0.25, 0.3) is 0 Å². The molecule has 3 N–H and O–H groups in total. The third-order valence-electron chi connectivity index (χ3n) is 5.19. The zero-order valence-corrected chi connectivity index (χ0v) is 16.2. The molecule has 1 saturated carbocycles. The minimum absolute atomic E-state index is 0.0807. The largest absolute Gasteiger partial charge is 0.396 e. The lowest BCUT2D eigenvalue weighted by molar-refractivity contribution is -0.126. The number of aliphatic hydroxyl groups excluding tert-OH is 1. The van der Waals surface area contributed by atoms with Crippen molar-refractivity contribution in [3.8, 4) is 0 Å². The molecule has 2 unspecified atom stereocenters. The maximum absolute atomic E-state index is 12.2. The maximum atomic E-state index is 12.2. The van der Waals surface area contributed by atoms with Gasteiger partial charge in [-0.05, 0) is 36.8 Å². The van der Waals surface area contributed by atoms with E-state index in [0.717, 1.165) is 12.0 Å². The summed E-state index contributed by atoms with van der Waals surface area (Å²) in [5.74, 6) is 0.215. The molecule has 1 aromatic rings. The molecule has 0 aliphatic heterocycles. The van der Waals surface area contributed by atoms with Gasteiger partial charge < -0.3 is 15.7 Å². The lowest BCUT2D eigenvalue weighted by Gasteiger charge is -2.26. The van der Waals surface area contributed by atoms with Gasteiger partial charge in [0, 0.05) is 19.2 Å². The molecule has 0 bridgehead atoms. The van der Waals surface area contributed by atoms with Crippen LogP contribution in [0.3, 0.4) is 0 Å². The fourth-order valence-electron chi connectivity index (χ4n) is 3.58. The summed E-state index contributed by atoms with van der Waals surface area (Å²) in [5.41, 5.74) is 0.929. The number of nitrogens with one attached hydrogen (secondary N) is 2. The SMILES string of the molecule is CC(NC(=O)/C=C/c1ccccc1)C(=O)NCC(CO)CC1CCCCC1. The number of rotatable bonds is 9. The Morgan fingerprint density at radius 3 is 2.56 bits per heavy atom. The van der Waals surface area contributed by atoms with Crippen LogP contribution in [0.5, 0.6) is 0 Å². The van der Waals surface area contributed by atoms with Crippen LogP contribution in [0.4, 0.5) is 0 Å². The van der Waals surface area contributed by atoms with Crippen LogP contribution in [0.25, 0.3) is 6.08 Å². The van der Waals surface area contributed by atoms with Crippen LogP contribution in [-0.4, -0.2) is 36.1 Å². The first kappa shape index (κ1) is 21.2. The Morgan fingerprint density at radius 2 is 1.89 bits per heavy atom. The summed E-state index contributed by atoms with van der Waals surface area (Å²) in [4.78, 5) is 24.2. The molecular formula is C22H32N2O3. The van der Waals surface area contributed by atoms with Crippen molar-refractivity contribution in [3.63, 3.8) is 0 Å². The van der Waals surface area contributed by atoms with Crippen molar-refractivity contribution in [3.05, 3.63) is 42.0 Å². The fourth-order valence-corrected chi connectivity index (χ4v) is 3.58. The molecule has 0 radical (unpaired) electrons. The summed E-state index contributed by atoms with van der Waals surface area (Å²) in [6, 6.07) is 8.91. The molecule has 5 heteroatoms. The fraction of sp³-hybridized carbons (Fsp3) is 0.545. The van der Waals surface area contributed by atoms with Gasteiger partial charge >= 0.3 is 0 Å². The molecule has 5 nitrogen and oxygen atoms in total. The molecule has 1 fully saturated rings. The first-order chi connectivity index (χ1) is 13.1. The Labute approximate surface area is 162 Å². The van der Waals surface area contributed by atoms with Gasteiger partial charge in [0.05, 0.1) is 0 Å². The number of aliphatic hydroxyl groups is 1. The van der Waals surface area contributed by atoms with Crippen molar-refractivity contribution >= 4 is 17.9 Å². The van der Waals surface area contributed by atoms with Crippen molar-refractivity contribution in [2.45, 2.75) is 51.5 Å². The zero-order valence-electron chi connectivity index (χ0n) is 16.2. The molecule has 27 heavy (non-hydrogen) atoms. The summed E-state index contributed by atoms with van der Waals surface area (Å²) < 4.78 is 0. The van der Waals surface area contributed by atoms with Crippen molar-refractivity contribution in [2.24, 2.45) is 11.8 Å². The summed E-state index contributed by atoms with van der Waals surface area (Å²) in [6.45, 7) is 2.20. The summed E-state index contributed by atoms with van der Waals surface area (Å²) in [6.07, 6.45) is 10.4. The molecular weight excluding hydrogens is 340 g/mol. The minimum Gasteiger partial charge on any atom is -0.396 e. The third kappa shape index (κ3) is 7.95. The number of hydrogen-bond donors (Lipinski definition) is 3. The molecule has 0 saturated heterocycles. The van der Waals surface area contributed by atoms with Gasteiger partial charge in [-0.1, -0.05) is 62.4 Å². The summed E-state index contributed by atoms with van der Waals surface area (Å²) in [7, 11) is 0. The van der Waals surface area contributed by atoms with Crippen LogP contribution in [-0.2, 0) is 9.59 Å². The van der Waals surface area contributed by atoms with E-state index in [-0.39, 0.29) is 24.3 Å². The second-order valence-corrected chi connectivity index (χ2v) is 7.51. The molecule has 2 amide bonds. The average Bonchev–Trinajstić information content (AvgIpc) is 2.70. The van der Waals surface area contributed by atoms with Crippen LogP contribution < -0.4 is 10.6 Å². The standard InChI is InChI=1S/C22H32N2O3/c1-17(24-21(26)13-12-18-8-4-2-5-9-18)22(27)23-15-20(16-25)14-19-10-6-3-7-11-19/h2,4-5,8-9,12-13,17,19-20,25H,3,6-7,10-11,14-16H2,1H3,(H,23,27)(H,24,26)/b13-12+. The van der Waals surface area contributed by atoms with Gasteiger partial charge in [0.1, 0.15) is 6.04 Å². The molecule has 1 aliphatic rings. The predicted octanol–water partition coefficient (Wildman–Crippen LogP) is 2.90. The molecule has 0 spiro atoms. The van der Waals surface area contributed by atoms with E-state index in [1.54, 1.807) is 13.0 Å². The predicted molar refractivity (Wildman–Crippen MR) is 108 cm³/mol. The van der Waals surface area contributed by atoms with Gasteiger partial charge in [0.2, 0.25) is 11.8 Å². The highest BCUT2D eigenvalue weighted by Crippen LogP contribution is 2.28. The van der Waals surface area contributed by atoms with E-state index in [4.69, 9.17) is 0 Å². The number of amides is 2. The van der Waals surface area contributed by atoms with Gasteiger partial charge in [-0.25, -0.2) is 0 Å². The monoisotopic (exact) mass is 372 g/mol. The van der Waals surface area contributed by atoms with Crippen molar-refractivity contribution < 1.29 is 14.7 Å². The number of benzene rings is 1. The highest BCUT2D eigenvalue weighted by atomic mass is 16.3. The van der Waals surface area contributed by atoms with E-state index in [1.165, 1.54) is 38.2 Å². The Morgan fingerprint density at radius 1 is 1.19 bits per heavy atom. The lowest BCUT2D eigenvalue weighted by Crippen LogP contribution is -2.46. The highest BCUT2D eigenvalue weighted by molar-refractivity contribution is 5.95. The van der Waals surface area contributed by atoms with E-state index in [9.17, 15) is 14.7 Å². The molecule has 2 atom stereocenters. The highest BCUT2D eigenvalue weighted by Gasteiger charge is 2.20. The normalized spacial score (nSPS) is 17.4. The number of carbonyl (C=O) groups excluding carboxylic acids is 2. The second-order valence-electron chi connectivity index (χ2n) is 7.51. The first-order valence-electron chi connectivity index (χ1n) is 10.0. The van der Waals surface area contributed by atoms with E-state index in [0.29, 0.717) is 12.5 Å². The van der Waals surface area contributed by atoms with Gasteiger partial charge in [0.15, 0.2) is 0 Å². The van der Waals surface area contributed by atoms with Gasteiger partial charge in [-0.2, -0.15) is 0 Å². The Hall–Kier alpha value is -2.14. The van der Waals surface area contributed by atoms with E-state index in [2.05, 4.69) is 10.6 Å². The lowest BCUT2D eigenvalue weighted by atomic mass is 9.83. The smallest absolute Gasteiger partial charge is 0.244 e. The van der Waals surface area contributed by atoms with Crippen LogP contribution >= 0.6 is 0 Å². The van der Waals surface area contributed by atoms with Crippen LogP contribution in [0.1, 0.15) is 51.0 Å². The van der Waals surface area contributed by atoms with Gasteiger partial charge in [-0.3, -0.25) is 9.59 Å². The Kier molecular flexibility index (Phi) is 9.05. The van der Waals surface area contributed by atoms with E-state index < -0.39 is 6.04 Å². The van der Waals surface area contributed by atoms with Gasteiger partial charge in [-0.15, -0.1) is 0 Å². The van der Waals surface area contributed by atoms with Crippen LogP contribution in [0, 0.1) is 11.8 Å². The van der Waals surface area contributed by atoms with Crippen molar-refractivity contribution in [1.29, 1.82) is 0 Å². The molecule has 2 rings (SSSR count).